The molecule has 0 unspecified atom stereocenters. The van der Waals surface area contributed by atoms with Crippen LogP contribution in [-0.4, -0.2) is 35.0 Å². The molecule has 0 aliphatic carbocycles. The van der Waals surface area contributed by atoms with Crippen LogP contribution < -0.4 is 4.74 Å². The number of ether oxygens (including phenoxy) is 1. The number of carboxylic acids is 1. The molecular weight excluding hydrogens is 322 g/mol. The fraction of sp³-hybridized carbons (Fsp3) is 0.368. The second-order valence-corrected chi connectivity index (χ2v) is 6.14. The van der Waals surface area contributed by atoms with Crippen molar-refractivity contribution in [3.63, 3.8) is 0 Å². The molecule has 2 aromatic rings. The number of carbonyl (C=O) groups excluding carboxylic acids is 1. The van der Waals surface area contributed by atoms with Crippen LogP contribution in [0.4, 0.5) is 0 Å². The van der Waals surface area contributed by atoms with Gasteiger partial charge in [-0.25, -0.2) is 0 Å². The highest BCUT2D eigenvalue weighted by Gasteiger charge is 2.42. The molecule has 0 bridgehead atoms. The lowest BCUT2D eigenvalue weighted by atomic mass is 9.87. The third kappa shape index (κ3) is 3.68. The highest BCUT2D eigenvalue weighted by Crippen LogP contribution is 2.37. The van der Waals surface area contributed by atoms with Crippen molar-refractivity contribution in [2.75, 3.05) is 13.2 Å². The molecule has 1 aromatic heterocycles. The molecule has 1 aromatic carbocycles. The average molecular weight is 343 g/mol. The average Bonchev–Trinajstić information content (AvgIpc) is 3.11. The topological polar surface area (TPSA) is 80.0 Å². The minimum Gasteiger partial charge on any atom is -0.491 e. The minimum atomic E-state index is -0.918. The summed E-state index contributed by atoms with van der Waals surface area (Å²) in [5.41, 5.74) is 1.01. The van der Waals surface area contributed by atoms with Crippen molar-refractivity contribution in [1.29, 1.82) is 0 Å². The van der Waals surface area contributed by atoms with Gasteiger partial charge >= 0.3 is 5.97 Å². The molecular formula is C19H21NO5. The van der Waals surface area contributed by atoms with Crippen molar-refractivity contribution in [3.8, 4) is 5.75 Å². The third-order valence-corrected chi connectivity index (χ3v) is 4.54. The van der Waals surface area contributed by atoms with E-state index in [1.165, 1.54) is 6.26 Å². The number of carboxylic acid groups (broad SMARTS) is 1. The van der Waals surface area contributed by atoms with E-state index in [0.717, 1.165) is 11.3 Å². The number of benzene rings is 1. The number of aliphatic carboxylic acids is 1. The molecule has 0 radical (unpaired) electrons. The molecule has 1 aliphatic rings. The van der Waals surface area contributed by atoms with E-state index in [0.29, 0.717) is 25.3 Å². The van der Waals surface area contributed by atoms with Gasteiger partial charge in [0.05, 0.1) is 18.7 Å². The van der Waals surface area contributed by atoms with Gasteiger partial charge in [0.2, 0.25) is 5.91 Å². The van der Waals surface area contributed by atoms with Crippen LogP contribution in [0.15, 0.2) is 47.1 Å². The summed E-state index contributed by atoms with van der Waals surface area (Å²) < 4.78 is 11.2. The summed E-state index contributed by atoms with van der Waals surface area (Å²) in [5.74, 6) is -0.416. The van der Waals surface area contributed by atoms with Crippen LogP contribution in [0.5, 0.6) is 5.75 Å². The Morgan fingerprint density at radius 2 is 2.12 bits per heavy atom. The van der Waals surface area contributed by atoms with Crippen molar-refractivity contribution < 1.29 is 23.8 Å². The minimum absolute atomic E-state index is 0.0766. The Bertz CT molecular complexity index is 740. The van der Waals surface area contributed by atoms with Gasteiger partial charge in [0.15, 0.2) is 0 Å². The quantitative estimate of drug-likeness (QED) is 0.872. The lowest BCUT2D eigenvalue weighted by Gasteiger charge is -2.38. The molecule has 132 valence electrons. The number of para-hydroxylation sites is 1. The molecule has 6 heteroatoms. The monoisotopic (exact) mass is 343 g/mol. The molecule has 6 nitrogen and oxygen atoms in total. The number of piperidine rings is 1. The summed E-state index contributed by atoms with van der Waals surface area (Å²) >= 11 is 0. The largest absolute Gasteiger partial charge is 0.491 e. The predicted octanol–water partition coefficient (Wildman–Crippen LogP) is 3.03. The normalized spacial score (nSPS) is 20.5. The van der Waals surface area contributed by atoms with Crippen molar-refractivity contribution in [2.45, 2.75) is 25.8 Å². The number of carbonyl (C=O) groups is 2. The summed E-state index contributed by atoms with van der Waals surface area (Å²) in [6.07, 6.45) is 2.03. The van der Waals surface area contributed by atoms with Gasteiger partial charge in [0.1, 0.15) is 24.2 Å². The van der Waals surface area contributed by atoms with Gasteiger partial charge in [-0.05, 0) is 37.1 Å². The van der Waals surface area contributed by atoms with Gasteiger partial charge in [-0.3, -0.25) is 9.59 Å². The van der Waals surface area contributed by atoms with Crippen LogP contribution in [-0.2, 0) is 9.59 Å². The molecule has 0 saturated carbocycles. The van der Waals surface area contributed by atoms with Gasteiger partial charge < -0.3 is 19.2 Å². The molecule has 3 rings (SSSR count). The molecule has 1 N–H and O–H groups in total. The fourth-order valence-electron chi connectivity index (χ4n) is 3.26. The van der Waals surface area contributed by atoms with Crippen molar-refractivity contribution in [1.82, 2.24) is 4.90 Å². The molecule has 1 fully saturated rings. The second kappa shape index (κ2) is 7.42. The standard InChI is InChI=1S/C19H21NO5/c1-13-5-2-3-6-15(13)25-12-10-20-17(21)9-8-14(19(22)23)18(20)16-7-4-11-24-16/h2-7,11,14,18H,8-10,12H2,1H3,(H,22,23)/t14-,18-/m1/s1. The van der Waals surface area contributed by atoms with Crippen LogP contribution in [0, 0.1) is 12.8 Å². The van der Waals surface area contributed by atoms with E-state index in [1.807, 2.05) is 31.2 Å². The highest BCUT2D eigenvalue weighted by atomic mass is 16.5. The maximum Gasteiger partial charge on any atom is 0.309 e. The SMILES string of the molecule is Cc1ccccc1OCCN1C(=O)CC[C@@H](C(=O)O)[C@@H]1c1ccco1. The number of nitrogens with zero attached hydrogens (tertiary/aromatic N) is 1. The Kier molecular flexibility index (Phi) is 5.07. The summed E-state index contributed by atoms with van der Waals surface area (Å²) in [6.45, 7) is 2.55. The van der Waals surface area contributed by atoms with Gasteiger partial charge in [-0.1, -0.05) is 18.2 Å². The summed E-state index contributed by atoms with van der Waals surface area (Å²) in [6, 6.07) is 10.5. The number of amides is 1. The van der Waals surface area contributed by atoms with E-state index >= 15 is 0 Å². The Morgan fingerprint density at radius 3 is 2.80 bits per heavy atom. The second-order valence-electron chi connectivity index (χ2n) is 6.14. The van der Waals surface area contributed by atoms with E-state index in [4.69, 9.17) is 9.15 Å². The Balaban J connectivity index is 1.75. The maximum atomic E-state index is 12.4. The number of likely N-dealkylation sites (tertiary alicyclic amines) is 1. The zero-order valence-corrected chi connectivity index (χ0v) is 14.1. The molecule has 1 aliphatic heterocycles. The molecule has 25 heavy (non-hydrogen) atoms. The van der Waals surface area contributed by atoms with E-state index in [9.17, 15) is 14.7 Å². The summed E-state index contributed by atoms with van der Waals surface area (Å²) in [7, 11) is 0. The summed E-state index contributed by atoms with van der Waals surface area (Å²) in [5, 5.41) is 9.54. The lowest BCUT2D eigenvalue weighted by Crippen LogP contribution is -2.46. The van der Waals surface area contributed by atoms with E-state index in [2.05, 4.69) is 0 Å². The van der Waals surface area contributed by atoms with Crippen LogP contribution in [0.2, 0.25) is 0 Å². The summed E-state index contributed by atoms with van der Waals surface area (Å²) in [4.78, 5) is 25.6. The van der Waals surface area contributed by atoms with Gasteiger partial charge in [0.25, 0.3) is 0 Å². The Labute approximate surface area is 146 Å². The van der Waals surface area contributed by atoms with Crippen molar-refractivity contribution in [3.05, 3.63) is 54.0 Å². The van der Waals surface area contributed by atoms with Gasteiger partial charge in [-0.15, -0.1) is 0 Å². The zero-order valence-electron chi connectivity index (χ0n) is 14.1. The number of hydrogen-bond donors (Lipinski definition) is 1. The first kappa shape index (κ1) is 17.1. The predicted molar refractivity (Wildman–Crippen MR) is 90.2 cm³/mol. The maximum absolute atomic E-state index is 12.4. The number of aryl methyl sites for hydroxylation is 1. The Morgan fingerprint density at radius 1 is 1.32 bits per heavy atom. The van der Waals surface area contributed by atoms with Gasteiger partial charge in [-0.2, -0.15) is 0 Å². The molecule has 1 saturated heterocycles. The zero-order chi connectivity index (χ0) is 17.8. The van der Waals surface area contributed by atoms with Crippen LogP contribution in [0.1, 0.15) is 30.2 Å². The van der Waals surface area contributed by atoms with Crippen LogP contribution in [0.3, 0.4) is 0 Å². The van der Waals surface area contributed by atoms with E-state index in [-0.39, 0.29) is 12.3 Å². The van der Waals surface area contributed by atoms with E-state index in [1.54, 1.807) is 17.0 Å². The number of furan rings is 1. The number of hydrogen-bond acceptors (Lipinski definition) is 4. The van der Waals surface area contributed by atoms with Crippen molar-refractivity contribution in [2.24, 2.45) is 5.92 Å². The molecule has 2 atom stereocenters. The number of rotatable bonds is 6. The van der Waals surface area contributed by atoms with E-state index < -0.39 is 17.9 Å². The molecule has 2 heterocycles. The highest BCUT2D eigenvalue weighted by molar-refractivity contribution is 5.81. The molecule has 0 spiro atoms. The van der Waals surface area contributed by atoms with Gasteiger partial charge in [0, 0.05) is 6.42 Å². The Hall–Kier alpha value is -2.76. The molecule has 1 amide bonds. The first-order valence-electron chi connectivity index (χ1n) is 8.32. The lowest BCUT2D eigenvalue weighted by molar-refractivity contribution is -0.153. The van der Waals surface area contributed by atoms with Crippen LogP contribution >= 0.6 is 0 Å². The fourth-order valence-corrected chi connectivity index (χ4v) is 3.26. The third-order valence-electron chi connectivity index (χ3n) is 4.54. The van der Waals surface area contributed by atoms with Crippen molar-refractivity contribution >= 4 is 11.9 Å². The smallest absolute Gasteiger partial charge is 0.309 e. The first-order valence-corrected chi connectivity index (χ1v) is 8.32. The first-order chi connectivity index (χ1) is 12.1. The van der Waals surface area contributed by atoms with Crippen LogP contribution in [0.25, 0.3) is 0 Å².